The van der Waals surface area contributed by atoms with Crippen LogP contribution in [0.2, 0.25) is 0 Å². The number of alkyl halides is 4. The van der Waals surface area contributed by atoms with Gasteiger partial charge >= 0.3 is 6.18 Å². The van der Waals surface area contributed by atoms with Gasteiger partial charge in [-0.05, 0) is 17.4 Å². The number of halogens is 4. The van der Waals surface area contributed by atoms with Gasteiger partial charge in [-0.25, -0.2) is 0 Å². The highest BCUT2D eigenvalue weighted by atomic mass is 127. The van der Waals surface area contributed by atoms with Gasteiger partial charge in [-0.15, -0.1) is 20.7 Å². The predicted octanol–water partition coefficient (Wildman–Crippen LogP) is 3.60. The maximum Gasteiger partial charge on any atom is 0.412 e. The van der Waals surface area contributed by atoms with Crippen LogP contribution in [0.25, 0.3) is 0 Å². The lowest BCUT2D eigenvalue weighted by Crippen LogP contribution is -2.13. The normalized spacial score (nSPS) is 19.4. The third-order valence-electron chi connectivity index (χ3n) is 1.68. The molecule has 74 valence electrons. The lowest BCUT2D eigenvalue weighted by atomic mass is 10.1. The molecule has 0 amide bonds. The topological polar surface area (TPSA) is 0 Å². The standard InChI is InChI=1S/C9H10F3I/c1-7-2-4-13-5-3-8(6-7)9(10,11)12/h2-4H,5-6H2,1H3. The molecule has 0 unspecified atom stereocenters. The average molecular weight is 302 g/mol. The first kappa shape index (κ1) is 10.9. The minimum Gasteiger partial charge on any atom is -0.166 e. The summed E-state index contributed by atoms with van der Waals surface area (Å²) in [5, 5.41) is 0. The van der Waals surface area contributed by atoms with Gasteiger partial charge < -0.3 is 0 Å². The molecule has 13 heavy (non-hydrogen) atoms. The van der Waals surface area contributed by atoms with Gasteiger partial charge in [0, 0.05) is 10.0 Å². The van der Waals surface area contributed by atoms with E-state index in [1.165, 1.54) is 6.08 Å². The molecule has 0 saturated heterocycles. The fraction of sp³-hybridized carbons (Fsp3) is 0.444. The maximum absolute atomic E-state index is 12.3. The van der Waals surface area contributed by atoms with Crippen LogP contribution in [0.5, 0.6) is 0 Å². The molecule has 0 atom stereocenters. The maximum atomic E-state index is 12.3. The molecule has 1 heterocycles. The van der Waals surface area contributed by atoms with Crippen LogP contribution in [0.1, 0.15) is 13.3 Å². The number of hydrogen-bond acceptors (Lipinski definition) is 0. The molecule has 0 fully saturated rings. The van der Waals surface area contributed by atoms with Crippen molar-refractivity contribution in [2.75, 3.05) is 4.43 Å². The monoisotopic (exact) mass is 302 g/mol. The largest absolute Gasteiger partial charge is 0.412 e. The molecule has 0 N–H and O–H groups in total. The minimum atomic E-state index is -4.14. The van der Waals surface area contributed by atoms with Gasteiger partial charge in [-0.1, -0.05) is 17.7 Å². The van der Waals surface area contributed by atoms with Crippen molar-refractivity contribution in [2.45, 2.75) is 19.5 Å². The Labute approximate surface area is 85.3 Å². The summed E-state index contributed by atoms with van der Waals surface area (Å²) < 4.78 is 39.6. The highest BCUT2D eigenvalue weighted by molar-refractivity contribution is 14.2. The van der Waals surface area contributed by atoms with Crippen LogP contribution in [0.15, 0.2) is 23.3 Å². The quantitative estimate of drug-likeness (QED) is 0.364. The molecule has 1 aliphatic rings. The number of allylic oxidation sites excluding steroid dienone is 4. The van der Waals surface area contributed by atoms with E-state index >= 15 is 0 Å². The first-order valence-corrected chi connectivity index (χ1v) is 6.60. The van der Waals surface area contributed by atoms with Crippen molar-refractivity contribution in [3.63, 3.8) is 0 Å². The SMILES string of the molecule is CC1=CC=ICC=C(C(F)(F)F)C1. The second-order valence-corrected chi connectivity index (χ2v) is 5.33. The van der Waals surface area contributed by atoms with E-state index in [2.05, 4.69) is 0 Å². The molecule has 0 bridgehead atoms. The summed E-state index contributed by atoms with van der Waals surface area (Å²) in [6.07, 6.45) is -0.924. The second kappa shape index (κ2) is 4.39. The second-order valence-electron chi connectivity index (χ2n) is 2.85. The molecule has 0 aliphatic carbocycles. The van der Waals surface area contributed by atoms with E-state index in [9.17, 15) is 13.2 Å². The van der Waals surface area contributed by atoms with Crippen molar-refractivity contribution in [1.82, 2.24) is 0 Å². The lowest BCUT2D eigenvalue weighted by Gasteiger charge is -2.12. The number of rotatable bonds is 0. The zero-order chi connectivity index (χ0) is 9.90. The van der Waals surface area contributed by atoms with Gasteiger partial charge in [0.25, 0.3) is 0 Å². The third kappa shape index (κ3) is 3.62. The number of hydrogen-bond donors (Lipinski definition) is 0. The van der Waals surface area contributed by atoms with E-state index in [4.69, 9.17) is 0 Å². The van der Waals surface area contributed by atoms with Gasteiger partial charge in [-0.3, -0.25) is 0 Å². The summed E-state index contributed by atoms with van der Waals surface area (Å²) in [4.78, 5) is 0. The van der Waals surface area contributed by atoms with E-state index in [0.29, 0.717) is 4.43 Å². The molecule has 0 aromatic rings. The first-order valence-electron chi connectivity index (χ1n) is 3.83. The molecule has 0 aromatic heterocycles. The zero-order valence-corrected chi connectivity index (χ0v) is 9.32. The molecule has 0 saturated carbocycles. The highest BCUT2D eigenvalue weighted by Crippen LogP contribution is 2.31. The summed E-state index contributed by atoms with van der Waals surface area (Å²) in [5.41, 5.74) is 0.414. The Hall–Kier alpha value is -0.130. The van der Waals surface area contributed by atoms with Crippen molar-refractivity contribution in [1.29, 1.82) is 0 Å². The van der Waals surface area contributed by atoms with Gasteiger partial charge in [-0.2, -0.15) is 13.2 Å². The lowest BCUT2D eigenvalue weighted by molar-refractivity contribution is -0.0932. The molecular weight excluding hydrogens is 292 g/mol. The smallest absolute Gasteiger partial charge is 0.166 e. The van der Waals surface area contributed by atoms with E-state index in [1.54, 1.807) is 6.92 Å². The van der Waals surface area contributed by atoms with E-state index < -0.39 is 6.18 Å². The molecule has 0 aromatic carbocycles. The Morgan fingerprint density at radius 2 is 2.08 bits per heavy atom. The fourth-order valence-electron chi connectivity index (χ4n) is 0.989. The Bertz CT molecular complexity index is 271. The Morgan fingerprint density at radius 1 is 1.38 bits per heavy atom. The predicted molar refractivity (Wildman–Crippen MR) is 57.5 cm³/mol. The van der Waals surface area contributed by atoms with E-state index in [1.807, 2.05) is 10.1 Å². The summed E-state index contributed by atoms with van der Waals surface area (Å²) in [6, 6.07) is 0. The molecule has 4 heteroatoms. The average Bonchev–Trinajstić information content (AvgIpc) is 1.94. The van der Waals surface area contributed by atoms with Gasteiger partial charge in [0.2, 0.25) is 0 Å². The van der Waals surface area contributed by atoms with Crippen LogP contribution >= 0.6 is 20.7 Å². The Balaban J connectivity index is 2.87. The molecule has 0 radical (unpaired) electrons. The van der Waals surface area contributed by atoms with Crippen LogP contribution in [0.4, 0.5) is 13.2 Å². The van der Waals surface area contributed by atoms with Crippen molar-refractivity contribution < 1.29 is 13.2 Å². The summed E-state index contributed by atoms with van der Waals surface area (Å²) in [7, 11) is 0. The van der Waals surface area contributed by atoms with Gasteiger partial charge in [0.05, 0.1) is 0 Å². The van der Waals surface area contributed by atoms with Gasteiger partial charge in [0.1, 0.15) is 0 Å². The van der Waals surface area contributed by atoms with Crippen LogP contribution in [-0.2, 0) is 0 Å². The fourth-order valence-corrected chi connectivity index (χ4v) is 2.94. The first-order chi connectivity index (χ1) is 6.00. The summed E-state index contributed by atoms with van der Waals surface area (Å²) >= 11 is -0.211. The van der Waals surface area contributed by atoms with Crippen LogP contribution in [-0.4, -0.2) is 14.6 Å². The highest BCUT2D eigenvalue weighted by Gasteiger charge is 2.32. The van der Waals surface area contributed by atoms with Crippen molar-refractivity contribution in [2.24, 2.45) is 0 Å². The van der Waals surface area contributed by atoms with E-state index in [-0.39, 0.29) is 32.7 Å². The van der Waals surface area contributed by atoms with Crippen LogP contribution in [0.3, 0.4) is 0 Å². The van der Waals surface area contributed by atoms with Crippen LogP contribution in [0, 0.1) is 0 Å². The minimum absolute atomic E-state index is 0.0454. The van der Waals surface area contributed by atoms with Crippen molar-refractivity contribution in [3.05, 3.63) is 23.3 Å². The third-order valence-corrected chi connectivity index (χ3v) is 3.50. The molecule has 1 rings (SSSR count). The van der Waals surface area contributed by atoms with E-state index in [0.717, 1.165) is 5.57 Å². The zero-order valence-electron chi connectivity index (χ0n) is 7.16. The molecule has 1 aliphatic heterocycles. The Morgan fingerprint density at radius 3 is 2.69 bits per heavy atom. The molecule has 0 nitrogen and oxygen atoms in total. The van der Waals surface area contributed by atoms with Gasteiger partial charge in [0.15, 0.2) is 0 Å². The summed E-state index contributed by atoms with van der Waals surface area (Å²) in [6.45, 7) is 1.74. The Kier molecular flexibility index (Phi) is 3.70. The van der Waals surface area contributed by atoms with Crippen molar-refractivity contribution >= 4 is 24.7 Å². The van der Waals surface area contributed by atoms with Crippen molar-refractivity contribution in [3.8, 4) is 0 Å². The van der Waals surface area contributed by atoms with Crippen LogP contribution < -0.4 is 0 Å². The summed E-state index contributed by atoms with van der Waals surface area (Å²) in [5.74, 6) is 0. The molecular formula is C9H10F3I. The molecule has 0 spiro atoms.